The van der Waals surface area contributed by atoms with Crippen LogP contribution in [-0.4, -0.2) is 70.2 Å². The fourth-order valence-electron chi connectivity index (χ4n) is 3.64. The van der Waals surface area contributed by atoms with Crippen LogP contribution >= 0.6 is 11.8 Å². The Morgan fingerprint density at radius 1 is 1.21 bits per heavy atom. The summed E-state index contributed by atoms with van der Waals surface area (Å²) in [6.45, 7) is 4.29. The maximum Gasteiger partial charge on any atom is 0.344 e. The van der Waals surface area contributed by atoms with Gasteiger partial charge in [-0.1, -0.05) is 30.0 Å². The Kier molecular flexibility index (Phi) is 6.01. The predicted octanol–water partition coefficient (Wildman–Crippen LogP) is 1.19. The van der Waals surface area contributed by atoms with Crippen molar-refractivity contribution >= 4 is 23.4 Å². The number of carbonyl (C=O) groups is 1. The first-order chi connectivity index (χ1) is 13.7. The third kappa shape index (κ3) is 4.41. The highest BCUT2D eigenvalue weighted by Gasteiger charge is 2.23. The van der Waals surface area contributed by atoms with Crippen LogP contribution in [0.2, 0.25) is 0 Å². The Hall–Kier alpha value is -2.26. The first kappa shape index (κ1) is 19.1. The van der Waals surface area contributed by atoms with E-state index in [0.717, 1.165) is 32.5 Å². The Morgan fingerprint density at radius 2 is 2.00 bits per heavy atom. The second kappa shape index (κ2) is 8.83. The lowest BCUT2D eigenvalue weighted by molar-refractivity contribution is -0.128. The normalized spacial score (nSPS) is 19.9. The van der Waals surface area contributed by atoms with E-state index in [-0.39, 0.29) is 23.5 Å². The molecule has 8 nitrogen and oxygen atoms in total. The van der Waals surface area contributed by atoms with Crippen molar-refractivity contribution in [3.8, 4) is 0 Å². The van der Waals surface area contributed by atoms with Gasteiger partial charge in [-0.2, -0.15) is 0 Å². The fraction of sp³-hybridized carbons (Fsp3) is 0.526. The first-order valence-corrected chi connectivity index (χ1v) is 10.7. The van der Waals surface area contributed by atoms with Crippen molar-refractivity contribution in [2.24, 2.45) is 0 Å². The fourth-order valence-corrected chi connectivity index (χ4v) is 4.50. The highest BCUT2D eigenvalue weighted by Crippen LogP contribution is 2.20. The molecule has 28 heavy (non-hydrogen) atoms. The van der Waals surface area contributed by atoms with Crippen LogP contribution in [0.5, 0.6) is 0 Å². The number of ether oxygens (including phenoxy) is 1. The van der Waals surface area contributed by atoms with E-state index in [1.54, 1.807) is 4.57 Å². The summed E-state index contributed by atoms with van der Waals surface area (Å²) in [7, 11) is 0. The van der Waals surface area contributed by atoms with Crippen molar-refractivity contribution in [2.75, 3.05) is 43.4 Å². The number of rotatable bonds is 6. The molecule has 2 aromatic rings. The number of anilines is 1. The quantitative estimate of drug-likeness (QED) is 0.730. The van der Waals surface area contributed by atoms with Gasteiger partial charge >= 0.3 is 5.69 Å². The van der Waals surface area contributed by atoms with E-state index in [1.807, 2.05) is 23.1 Å². The van der Waals surface area contributed by atoms with Crippen molar-refractivity contribution in [1.29, 1.82) is 0 Å². The van der Waals surface area contributed by atoms with Crippen molar-refractivity contribution < 1.29 is 9.53 Å². The summed E-state index contributed by atoms with van der Waals surface area (Å²) in [5, 5.41) is 7.12. The highest BCUT2D eigenvalue weighted by atomic mass is 32.2. The number of nitrogens with zero attached hydrogens (tertiary/aromatic N) is 4. The third-order valence-electron chi connectivity index (χ3n) is 5.21. The Balaban J connectivity index is 1.29. The van der Waals surface area contributed by atoms with Crippen LogP contribution in [-0.2, 0) is 16.1 Å². The number of nitrogens with one attached hydrogen (secondary N) is 1. The van der Waals surface area contributed by atoms with E-state index in [0.29, 0.717) is 24.8 Å². The Labute approximate surface area is 167 Å². The molecule has 0 saturated carbocycles. The molecule has 0 aliphatic carbocycles. The molecule has 9 heteroatoms. The van der Waals surface area contributed by atoms with Gasteiger partial charge in [-0.25, -0.2) is 9.89 Å². The van der Waals surface area contributed by atoms with Gasteiger partial charge in [-0.05, 0) is 25.0 Å². The van der Waals surface area contributed by atoms with Gasteiger partial charge in [-0.15, -0.1) is 5.10 Å². The van der Waals surface area contributed by atoms with E-state index in [2.05, 4.69) is 27.2 Å². The standard InChI is InChI=1S/C19H25N5O3S/c25-17(23-10-8-22(9-11-23)15-5-2-1-3-6-15)14-28-19-21-20-18(26)24(19)13-16-7-4-12-27-16/h1-3,5-6,16H,4,7-14H2,(H,20,26)/t16-/m1/s1. The van der Waals surface area contributed by atoms with E-state index >= 15 is 0 Å². The Morgan fingerprint density at radius 3 is 2.71 bits per heavy atom. The molecular weight excluding hydrogens is 378 g/mol. The van der Waals surface area contributed by atoms with Gasteiger partial charge in [0.25, 0.3) is 0 Å². The molecule has 3 heterocycles. The number of aromatic amines is 1. The van der Waals surface area contributed by atoms with E-state index in [9.17, 15) is 9.59 Å². The molecule has 2 aliphatic rings. The number of H-pyrrole nitrogens is 1. The van der Waals surface area contributed by atoms with Gasteiger partial charge in [0, 0.05) is 38.5 Å². The summed E-state index contributed by atoms with van der Waals surface area (Å²) >= 11 is 1.31. The van der Waals surface area contributed by atoms with Crippen molar-refractivity contribution in [1.82, 2.24) is 19.7 Å². The number of para-hydroxylation sites is 1. The largest absolute Gasteiger partial charge is 0.376 e. The zero-order valence-electron chi connectivity index (χ0n) is 15.7. The van der Waals surface area contributed by atoms with Crippen LogP contribution in [0.1, 0.15) is 12.8 Å². The van der Waals surface area contributed by atoms with Gasteiger partial charge in [-0.3, -0.25) is 9.36 Å². The summed E-state index contributed by atoms with van der Waals surface area (Å²) in [4.78, 5) is 28.8. The van der Waals surface area contributed by atoms with Crippen LogP contribution < -0.4 is 10.6 Å². The van der Waals surface area contributed by atoms with Crippen LogP contribution in [0.25, 0.3) is 0 Å². The molecule has 1 aromatic heterocycles. The number of hydrogen-bond donors (Lipinski definition) is 1. The minimum absolute atomic E-state index is 0.0522. The molecule has 1 N–H and O–H groups in total. The molecule has 2 fully saturated rings. The third-order valence-corrected chi connectivity index (χ3v) is 6.17. The Bertz CT molecular complexity index is 839. The molecule has 1 aromatic carbocycles. The number of piperazine rings is 1. The zero-order valence-corrected chi connectivity index (χ0v) is 16.6. The van der Waals surface area contributed by atoms with Crippen LogP contribution in [0.4, 0.5) is 5.69 Å². The minimum Gasteiger partial charge on any atom is -0.376 e. The molecule has 1 atom stereocenters. The van der Waals surface area contributed by atoms with Crippen LogP contribution in [0.3, 0.4) is 0 Å². The molecule has 1 amide bonds. The summed E-state index contributed by atoms with van der Waals surface area (Å²) in [6, 6.07) is 10.3. The SMILES string of the molecule is O=C(CSc1n[nH]c(=O)n1C[C@H]1CCCO1)N1CCN(c2ccccc2)CC1. The molecule has 0 unspecified atom stereocenters. The highest BCUT2D eigenvalue weighted by molar-refractivity contribution is 7.99. The van der Waals surface area contributed by atoms with Crippen LogP contribution in [0.15, 0.2) is 40.3 Å². The van der Waals surface area contributed by atoms with Crippen molar-refractivity contribution in [3.05, 3.63) is 40.8 Å². The second-order valence-corrected chi connectivity index (χ2v) is 7.99. The second-order valence-electron chi connectivity index (χ2n) is 7.05. The summed E-state index contributed by atoms with van der Waals surface area (Å²) in [6.07, 6.45) is 2.02. The molecule has 0 bridgehead atoms. The molecular formula is C19H25N5O3S. The number of benzene rings is 1. The van der Waals surface area contributed by atoms with Crippen molar-refractivity contribution in [2.45, 2.75) is 30.6 Å². The monoisotopic (exact) mass is 403 g/mol. The lowest BCUT2D eigenvalue weighted by Gasteiger charge is -2.36. The molecule has 4 rings (SSSR count). The smallest absolute Gasteiger partial charge is 0.344 e. The summed E-state index contributed by atoms with van der Waals surface area (Å²) in [5.41, 5.74) is 0.945. The van der Waals surface area contributed by atoms with E-state index in [1.165, 1.54) is 17.4 Å². The topological polar surface area (TPSA) is 83.5 Å². The maximum absolute atomic E-state index is 12.6. The van der Waals surface area contributed by atoms with E-state index in [4.69, 9.17) is 4.74 Å². The molecule has 0 radical (unpaired) electrons. The predicted molar refractivity (Wildman–Crippen MR) is 108 cm³/mol. The molecule has 2 saturated heterocycles. The molecule has 150 valence electrons. The maximum atomic E-state index is 12.6. The molecule has 0 spiro atoms. The average Bonchev–Trinajstić information content (AvgIpc) is 3.38. The van der Waals surface area contributed by atoms with Gasteiger partial charge < -0.3 is 14.5 Å². The van der Waals surface area contributed by atoms with Crippen LogP contribution in [0, 0.1) is 0 Å². The van der Waals surface area contributed by atoms with Crippen molar-refractivity contribution in [3.63, 3.8) is 0 Å². The lowest BCUT2D eigenvalue weighted by atomic mass is 10.2. The van der Waals surface area contributed by atoms with Gasteiger partial charge in [0.1, 0.15) is 0 Å². The lowest BCUT2D eigenvalue weighted by Crippen LogP contribution is -2.49. The van der Waals surface area contributed by atoms with Gasteiger partial charge in [0.15, 0.2) is 5.16 Å². The number of hydrogen-bond acceptors (Lipinski definition) is 6. The number of amides is 1. The average molecular weight is 404 g/mol. The minimum atomic E-state index is -0.248. The number of aromatic nitrogens is 3. The number of carbonyl (C=O) groups excluding carboxylic acids is 1. The molecule has 2 aliphatic heterocycles. The number of thioether (sulfide) groups is 1. The van der Waals surface area contributed by atoms with Gasteiger partial charge in [0.2, 0.25) is 5.91 Å². The summed E-state index contributed by atoms with van der Waals surface area (Å²) in [5.74, 6) is 0.359. The summed E-state index contributed by atoms with van der Waals surface area (Å²) < 4.78 is 7.20. The first-order valence-electron chi connectivity index (χ1n) is 9.68. The van der Waals surface area contributed by atoms with E-state index < -0.39 is 0 Å². The zero-order chi connectivity index (χ0) is 19.3. The van der Waals surface area contributed by atoms with Gasteiger partial charge in [0.05, 0.1) is 18.4 Å².